The van der Waals surface area contributed by atoms with E-state index in [1.807, 2.05) is 0 Å². The summed E-state index contributed by atoms with van der Waals surface area (Å²) < 4.78 is 40.8. The van der Waals surface area contributed by atoms with Gasteiger partial charge >= 0.3 is 0 Å². The minimum absolute atomic E-state index is 0.00490. The molecule has 1 aliphatic heterocycles. The number of anilines is 1. The number of nitrogens with one attached hydrogen (secondary N) is 1. The van der Waals surface area contributed by atoms with Crippen molar-refractivity contribution in [1.82, 2.24) is 0 Å². The molecule has 3 rings (SSSR count). The molecule has 0 saturated carbocycles. The fraction of sp³-hybridized carbons (Fsp3) is 0.133. The van der Waals surface area contributed by atoms with Crippen LogP contribution in [0.4, 0.5) is 18.9 Å². The van der Waals surface area contributed by atoms with Crippen LogP contribution < -0.4 is 4.90 Å². The molecule has 0 fully saturated rings. The number of amidine groups is 1. The number of hydrogen-bond donors (Lipinski definition) is 1. The molecule has 1 N–H and O–H groups in total. The average molecular weight is 276 g/mol. The van der Waals surface area contributed by atoms with E-state index in [9.17, 15) is 13.2 Å². The van der Waals surface area contributed by atoms with E-state index in [4.69, 9.17) is 5.41 Å². The van der Waals surface area contributed by atoms with E-state index in [1.165, 1.54) is 24.0 Å². The molecule has 2 aromatic rings. The number of hydrogen-bond acceptors (Lipinski definition) is 1. The number of rotatable bonds is 1. The first-order chi connectivity index (χ1) is 9.47. The highest BCUT2D eigenvalue weighted by Crippen LogP contribution is 2.31. The molecule has 0 radical (unpaired) electrons. The van der Waals surface area contributed by atoms with Crippen molar-refractivity contribution in [1.29, 1.82) is 5.41 Å². The molecule has 0 atom stereocenters. The normalized spacial score (nSPS) is 13.8. The fourth-order valence-corrected chi connectivity index (χ4v) is 2.35. The summed E-state index contributed by atoms with van der Waals surface area (Å²) in [5.74, 6) is -1.61. The lowest BCUT2D eigenvalue weighted by Gasteiger charge is -2.19. The summed E-state index contributed by atoms with van der Waals surface area (Å²) in [6, 6.07) is 6.26. The van der Waals surface area contributed by atoms with Gasteiger partial charge in [-0.1, -0.05) is 6.07 Å². The van der Waals surface area contributed by atoms with Crippen LogP contribution in [-0.4, -0.2) is 5.84 Å². The van der Waals surface area contributed by atoms with E-state index < -0.39 is 17.5 Å². The Kier molecular flexibility index (Phi) is 2.78. The molecule has 20 heavy (non-hydrogen) atoms. The van der Waals surface area contributed by atoms with Crippen LogP contribution in [0.25, 0.3) is 0 Å². The zero-order valence-electron chi connectivity index (χ0n) is 10.7. The van der Waals surface area contributed by atoms with Gasteiger partial charge in [0.05, 0.1) is 12.2 Å². The van der Waals surface area contributed by atoms with Crippen molar-refractivity contribution >= 4 is 11.5 Å². The van der Waals surface area contributed by atoms with Gasteiger partial charge in [0.25, 0.3) is 0 Å². The summed E-state index contributed by atoms with van der Waals surface area (Å²) in [6.45, 7) is 1.70. The second kappa shape index (κ2) is 4.37. The molecule has 2 aromatic carbocycles. The van der Waals surface area contributed by atoms with E-state index in [-0.39, 0.29) is 23.6 Å². The largest absolute Gasteiger partial charge is 0.319 e. The lowest BCUT2D eigenvalue weighted by Crippen LogP contribution is -2.24. The quantitative estimate of drug-likeness (QED) is 0.843. The molecule has 0 unspecified atom stereocenters. The topological polar surface area (TPSA) is 27.1 Å². The summed E-state index contributed by atoms with van der Waals surface area (Å²) in [5, 5.41) is 8.01. The molecule has 1 aliphatic rings. The Morgan fingerprint density at radius 2 is 1.80 bits per heavy atom. The number of benzene rings is 2. The van der Waals surface area contributed by atoms with E-state index in [2.05, 4.69) is 0 Å². The van der Waals surface area contributed by atoms with Crippen molar-refractivity contribution in [3.05, 3.63) is 64.5 Å². The van der Waals surface area contributed by atoms with E-state index in [0.717, 1.165) is 17.7 Å². The zero-order chi connectivity index (χ0) is 14.4. The third-order valence-electron chi connectivity index (χ3n) is 3.44. The third kappa shape index (κ3) is 1.86. The molecule has 2 nitrogen and oxygen atoms in total. The summed E-state index contributed by atoms with van der Waals surface area (Å²) in [7, 11) is 0. The predicted molar refractivity (Wildman–Crippen MR) is 70.5 cm³/mol. The van der Waals surface area contributed by atoms with Gasteiger partial charge < -0.3 is 4.90 Å². The lowest BCUT2D eigenvalue weighted by atomic mass is 10.1. The van der Waals surface area contributed by atoms with Crippen molar-refractivity contribution in [3.8, 4) is 0 Å². The molecule has 5 heteroatoms. The number of nitrogens with zero attached hydrogens (tertiary/aromatic N) is 1. The van der Waals surface area contributed by atoms with Crippen molar-refractivity contribution in [2.45, 2.75) is 13.5 Å². The highest BCUT2D eigenvalue weighted by atomic mass is 19.1. The van der Waals surface area contributed by atoms with E-state index >= 15 is 0 Å². The van der Waals surface area contributed by atoms with Crippen molar-refractivity contribution in [2.75, 3.05) is 4.90 Å². The van der Waals surface area contributed by atoms with Gasteiger partial charge in [-0.15, -0.1) is 0 Å². The van der Waals surface area contributed by atoms with Crippen LogP contribution in [0.15, 0.2) is 30.3 Å². The highest BCUT2D eigenvalue weighted by Gasteiger charge is 2.28. The van der Waals surface area contributed by atoms with Crippen LogP contribution >= 0.6 is 0 Å². The number of fused-ring (bicyclic) bond motifs is 1. The minimum Gasteiger partial charge on any atom is -0.319 e. The summed E-state index contributed by atoms with van der Waals surface area (Å²) in [6.07, 6.45) is 0. The summed E-state index contributed by atoms with van der Waals surface area (Å²) >= 11 is 0. The van der Waals surface area contributed by atoms with Crippen LogP contribution in [0.5, 0.6) is 0 Å². The van der Waals surface area contributed by atoms with E-state index in [0.29, 0.717) is 5.56 Å². The number of halogens is 3. The SMILES string of the molecule is Cc1cc(F)c(N2Cc3ccc(F)cc3C2=N)cc1F. The molecule has 0 saturated heterocycles. The maximum absolute atomic E-state index is 14.0. The first kappa shape index (κ1) is 12.7. The molecule has 0 bridgehead atoms. The standard InChI is InChI=1S/C15H11F3N2/c1-8-4-13(18)14(6-12(8)17)20-7-9-2-3-10(16)5-11(9)15(20)19/h2-6,19H,7H2,1H3. The summed E-state index contributed by atoms with van der Waals surface area (Å²) in [4.78, 5) is 1.34. The minimum atomic E-state index is -0.595. The monoisotopic (exact) mass is 276 g/mol. The summed E-state index contributed by atoms with van der Waals surface area (Å²) in [5.41, 5.74) is 1.33. The molecule has 102 valence electrons. The first-order valence-corrected chi connectivity index (χ1v) is 6.08. The van der Waals surface area contributed by atoms with Gasteiger partial charge in [0, 0.05) is 11.6 Å². The van der Waals surface area contributed by atoms with Gasteiger partial charge in [0.1, 0.15) is 23.3 Å². The smallest absolute Gasteiger partial charge is 0.147 e. The molecular weight excluding hydrogens is 265 g/mol. The maximum Gasteiger partial charge on any atom is 0.147 e. The van der Waals surface area contributed by atoms with Crippen LogP contribution in [0.3, 0.4) is 0 Å². The van der Waals surface area contributed by atoms with Gasteiger partial charge in [-0.3, -0.25) is 5.41 Å². The molecule has 0 spiro atoms. The van der Waals surface area contributed by atoms with Crippen molar-refractivity contribution in [3.63, 3.8) is 0 Å². The predicted octanol–water partition coefficient (Wildman–Crippen LogP) is 3.76. The second-order valence-electron chi connectivity index (χ2n) is 4.79. The Balaban J connectivity index is 2.07. The lowest BCUT2D eigenvalue weighted by molar-refractivity contribution is 0.592. The fourth-order valence-electron chi connectivity index (χ4n) is 2.35. The third-order valence-corrected chi connectivity index (χ3v) is 3.44. The zero-order valence-corrected chi connectivity index (χ0v) is 10.7. The van der Waals surface area contributed by atoms with Crippen molar-refractivity contribution in [2.24, 2.45) is 0 Å². The molecular formula is C15H11F3N2. The van der Waals surface area contributed by atoms with Crippen LogP contribution in [0.1, 0.15) is 16.7 Å². The van der Waals surface area contributed by atoms with Gasteiger partial charge in [-0.25, -0.2) is 13.2 Å². The van der Waals surface area contributed by atoms with Crippen LogP contribution in [-0.2, 0) is 6.54 Å². The Morgan fingerprint density at radius 3 is 2.55 bits per heavy atom. The van der Waals surface area contributed by atoms with Gasteiger partial charge in [-0.05, 0) is 36.2 Å². The Morgan fingerprint density at radius 1 is 1.05 bits per heavy atom. The van der Waals surface area contributed by atoms with Crippen LogP contribution in [0.2, 0.25) is 0 Å². The van der Waals surface area contributed by atoms with E-state index in [1.54, 1.807) is 6.07 Å². The second-order valence-corrected chi connectivity index (χ2v) is 4.79. The molecule has 0 amide bonds. The molecule has 0 aromatic heterocycles. The maximum atomic E-state index is 14.0. The van der Waals surface area contributed by atoms with Gasteiger partial charge in [0.2, 0.25) is 0 Å². The highest BCUT2D eigenvalue weighted by molar-refractivity contribution is 6.11. The van der Waals surface area contributed by atoms with Crippen LogP contribution in [0, 0.1) is 29.8 Å². The molecule has 1 heterocycles. The Bertz CT molecular complexity index is 725. The van der Waals surface area contributed by atoms with Gasteiger partial charge in [0.15, 0.2) is 0 Å². The van der Waals surface area contributed by atoms with Gasteiger partial charge in [-0.2, -0.15) is 0 Å². The first-order valence-electron chi connectivity index (χ1n) is 6.08. The average Bonchev–Trinajstić information content (AvgIpc) is 2.71. The number of aryl methyl sites for hydroxylation is 1. The Hall–Kier alpha value is -2.30. The molecule has 0 aliphatic carbocycles. The van der Waals surface area contributed by atoms with Crippen molar-refractivity contribution < 1.29 is 13.2 Å². The Labute approximate surface area is 114 Å².